The topological polar surface area (TPSA) is 50.4 Å². The Balaban J connectivity index is 1.61. The molecule has 0 radical (unpaired) electrons. The second-order valence-corrected chi connectivity index (χ2v) is 5.76. The number of benzene rings is 1. The van der Waals surface area contributed by atoms with E-state index >= 15 is 0 Å². The molecule has 0 aromatic heterocycles. The van der Waals surface area contributed by atoms with Gasteiger partial charge in [0, 0.05) is 17.6 Å². The Kier molecular flexibility index (Phi) is 6.50. The van der Waals surface area contributed by atoms with Crippen LogP contribution in [0.15, 0.2) is 28.7 Å². The van der Waals surface area contributed by atoms with Crippen LogP contribution in [0, 0.1) is 0 Å². The molecule has 1 aliphatic rings. The predicted molar refractivity (Wildman–Crippen MR) is 82.9 cm³/mol. The van der Waals surface area contributed by atoms with E-state index in [1.807, 2.05) is 24.3 Å². The van der Waals surface area contributed by atoms with Crippen molar-refractivity contribution >= 4 is 21.8 Å². The zero-order valence-corrected chi connectivity index (χ0v) is 13.1. The Morgan fingerprint density at radius 3 is 2.85 bits per heavy atom. The maximum Gasteiger partial charge on any atom is 0.252 e. The molecule has 2 rings (SSSR count). The van der Waals surface area contributed by atoms with Crippen molar-refractivity contribution in [1.82, 2.24) is 10.6 Å². The molecular weight excluding hydrogens is 320 g/mol. The maximum absolute atomic E-state index is 11.9. The summed E-state index contributed by atoms with van der Waals surface area (Å²) < 4.78 is 6.62. The lowest BCUT2D eigenvalue weighted by molar-refractivity contribution is 0.0318. The third-order valence-corrected chi connectivity index (χ3v) is 4.06. The zero-order chi connectivity index (χ0) is 14.2. The summed E-state index contributed by atoms with van der Waals surface area (Å²) >= 11 is 3.38. The van der Waals surface area contributed by atoms with Crippen LogP contribution in [0.25, 0.3) is 0 Å². The molecule has 0 bridgehead atoms. The monoisotopic (exact) mass is 340 g/mol. The Morgan fingerprint density at radius 2 is 2.10 bits per heavy atom. The van der Waals surface area contributed by atoms with Crippen LogP contribution < -0.4 is 10.6 Å². The van der Waals surface area contributed by atoms with Crippen LogP contribution in [-0.4, -0.2) is 38.3 Å². The number of hydrogen-bond acceptors (Lipinski definition) is 3. The lowest BCUT2D eigenvalue weighted by Crippen LogP contribution is -2.33. The maximum atomic E-state index is 11.9. The minimum Gasteiger partial charge on any atom is -0.378 e. The van der Waals surface area contributed by atoms with Crippen molar-refractivity contribution < 1.29 is 9.53 Å². The molecule has 1 amide bonds. The van der Waals surface area contributed by atoms with Crippen molar-refractivity contribution in [3.8, 4) is 0 Å². The lowest BCUT2D eigenvalue weighted by atomic mass is 10.1. The molecule has 0 saturated carbocycles. The van der Waals surface area contributed by atoms with E-state index in [0.29, 0.717) is 24.8 Å². The lowest BCUT2D eigenvalue weighted by Gasteiger charge is -2.22. The average Bonchev–Trinajstić information content (AvgIpc) is 2.48. The number of carbonyl (C=O) groups excluding carboxylic acids is 1. The van der Waals surface area contributed by atoms with Gasteiger partial charge in [0.25, 0.3) is 5.91 Å². The van der Waals surface area contributed by atoms with Gasteiger partial charge >= 0.3 is 0 Å². The van der Waals surface area contributed by atoms with Gasteiger partial charge in [0.15, 0.2) is 0 Å². The number of nitrogens with one attached hydrogen (secondary N) is 2. The van der Waals surface area contributed by atoms with Gasteiger partial charge in [-0.25, -0.2) is 0 Å². The molecule has 110 valence electrons. The van der Waals surface area contributed by atoms with Gasteiger partial charge in [-0.05, 0) is 60.4 Å². The van der Waals surface area contributed by atoms with E-state index in [-0.39, 0.29) is 5.91 Å². The first-order valence-corrected chi connectivity index (χ1v) is 7.91. The van der Waals surface area contributed by atoms with Crippen molar-refractivity contribution in [3.05, 3.63) is 34.3 Å². The van der Waals surface area contributed by atoms with Crippen molar-refractivity contribution in [2.24, 2.45) is 0 Å². The molecule has 0 unspecified atom stereocenters. The van der Waals surface area contributed by atoms with Crippen molar-refractivity contribution in [1.29, 1.82) is 0 Å². The Morgan fingerprint density at radius 1 is 1.35 bits per heavy atom. The highest BCUT2D eigenvalue weighted by molar-refractivity contribution is 9.10. The van der Waals surface area contributed by atoms with Crippen LogP contribution >= 0.6 is 15.9 Å². The summed E-state index contributed by atoms with van der Waals surface area (Å²) in [5, 5.41) is 6.23. The Labute approximate surface area is 128 Å². The smallest absolute Gasteiger partial charge is 0.252 e. The first kappa shape index (κ1) is 15.5. The van der Waals surface area contributed by atoms with Crippen molar-refractivity contribution in [2.75, 3.05) is 26.2 Å². The minimum atomic E-state index is -0.0423. The van der Waals surface area contributed by atoms with E-state index in [4.69, 9.17) is 4.74 Å². The number of halogens is 1. The highest BCUT2D eigenvalue weighted by atomic mass is 79.9. The largest absolute Gasteiger partial charge is 0.378 e. The molecule has 0 atom stereocenters. The molecule has 4 nitrogen and oxygen atoms in total. The SMILES string of the molecule is O=C(NCCCOC1CCNCC1)c1ccccc1Br. The zero-order valence-electron chi connectivity index (χ0n) is 11.5. The fourth-order valence-corrected chi connectivity index (χ4v) is 2.69. The second kappa shape index (κ2) is 8.39. The van der Waals surface area contributed by atoms with Gasteiger partial charge in [0.1, 0.15) is 0 Å². The van der Waals surface area contributed by atoms with Gasteiger partial charge < -0.3 is 15.4 Å². The van der Waals surface area contributed by atoms with E-state index in [2.05, 4.69) is 26.6 Å². The molecule has 2 N–H and O–H groups in total. The number of amides is 1. The first-order valence-electron chi connectivity index (χ1n) is 7.12. The normalized spacial score (nSPS) is 16.1. The van der Waals surface area contributed by atoms with Gasteiger partial charge in [-0.2, -0.15) is 0 Å². The third kappa shape index (κ3) is 4.89. The molecule has 0 aliphatic carbocycles. The van der Waals surface area contributed by atoms with Crippen LogP contribution in [0.2, 0.25) is 0 Å². The Bertz CT molecular complexity index is 434. The molecule has 5 heteroatoms. The second-order valence-electron chi connectivity index (χ2n) is 4.91. The number of carbonyl (C=O) groups is 1. The first-order chi connectivity index (χ1) is 9.77. The number of piperidine rings is 1. The minimum absolute atomic E-state index is 0.0423. The van der Waals surface area contributed by atoms with Gasteiger partial charge in [-0.15, -0.1) is 0 Å². The van der Waals surface area contributed by atoms with Gasteiger partial charge in [-0.3, -0.25) is 4.79 Å². The van der Waals surface area contributed by atoms with Crippen molar-refractivity contribution in [2.45, 2.75) is 25.4 Å². The van der Waals surface area contributed by atoms with Gasteiger partial charge in [0.2, 0.25) is 0 Å². The Hall–Kier alpha value is -0.910. The molecule has 1 aromatic rings. The molecule has 1 fully saturated rings. The predicted octanol–water partition coefficient (Wildman–Crippen LogP) is 2.34. The van der Waals surface area contributed by atoms with E-state index in [0.717, 1.165) is 36.8 Å². The molecule has 0 spiro atoms. The summed E-state index contributed by atoms with van der Waals surface area (Å²) in [6, 6.07) is 7.44. The van der Waals surface area contributed by atoms with E-state index in [1.54, 1.807) is 0 Å². The van der Waals surface area contributed by atoms with E-state index < -0.39 is 0 Å². The molecule has 1 aromatic carbocycles. The number of rotatable bonds is 6. The van der Waals surface area contributed by atoms with Crippen LogP contribution in [0.5, 0.6) is 0 Å². The highest BCUT2D eigenvalue weighted by Gasteiger charge is 2.13. The van der Waals surface area contributed by atoms with Crippen LogP contribution in [0.3, 0.4) is 0 Å². The summed E-state index contributed by atoms with van der Waals surface area (Å²) in [5.41, 5.74) is 0.673. The van der Waals surface area contributed by atoms with Gasteiger partial charge in [-0.1, -0.05) is 12.1 Å². The number of ether oxygens (including phenoxy) is 1. The van der Waals surface area contributed by atoms with Crippen molar-refractivity contribution in [3.63, 3.8) is 0 Å². The summed E-state index contributed by atoms with van der Waals surface area (Å²) in [5.74, 6) is -0.0423. The van der Waals surface area contributed by atoms with Crippen LogP contribution in [-0.2, 0) is 4.74 Å². The van der Waals surface area contributed by atoms with E-state index in [9.17, 15) is 4.79 Å². The summed E-state index contributed by atoms with van der Waals surface area (Å²) in [6.45, 7) is 3.44. The third-order valence-electron chi connectivity index (χ3n) is 3.36. The fourth-order valence-electron chi connectivity index (χ4n) is 2.23. The molecule has 1 aliphatic heterocycles. The van der Waals surface area contributed by atoms with Gasteiger partial charge in [0.05, 0.1) is 11.7 Å². The highest BCUT2D eigenvalue weighted by Crippen LogP contribution is 2.15. The van der Waals surface area contributed by atoms with Crippen LogP contribution in [0.4, 0.5) is 0 Å². The fraction of sp³-hybridized carbons (Fsp3) is 0.533. The average molecular weight is 341 g/mol. The van der Waals surface area contributed by atoms with E-state index in [1.165, 1.54) is 0 Å². The summed E-state index contributed by atoms with van der Waals surface area (Å²) in [6.07, 6.45) is 3.41. The molecule has 1 saturated heterocycles. The molecular formula is C15H21BrN2O2. The standard InChI is InChI=1S/C15H21BrN2O2/c16-14-5-2-1-4-13(14)15(19)18-8-3-11-20-12-6-9-17-10-7-12/h1-2,4-5,12,17H,3,6-11H2,(H,18,19). The molecule has 1 heterocycles. The number of hydrogen-bond donors (Lipinski definition) is 2. The molecule has 20 heavy (non-hydrogen) atoms. The quantitative estimate of drug-likeness (QED) is 0.781. The van der Waals surface area contributed by atoms with Crippen LogP contribution in [0.1, 0.15) is 29.6 Å². The summed E-state index contributed by atoms with van der Waals surface area (Å²) in [7, 11) is 0. The summed E-state index contributed by atoms with van der Waals surface area (Å²) in [4.78, 5) is 11.9.